The summed E-state index contributed by atoms with van der Waals surface area (Å²) in [6.07, 6.45) is 100. The van der Waals surface area contributed by atoms with E-state index in [9.17, 15) is 14.4 Å². The number of rotatable bonds is 61. The van der Waals surface area contributed by atoms with Crippen LogP contribution in [0.15, 0.2) is 146 Å². The first-order valence-corrected chi connectivity index (χ1v) is 34.3. The normalized spacial score (nSPS) is 13.0. The summed E-state index contributed by atoms with van der Waals surface area (Å²) in [5.41, 5.74) is 0. The summed E-state index contributed by atoms with van der Waals surface area (Å²) < 4.78 is 16.9. The Morgan fingerprint density at radius 3 is 0.771 bits per heavy atom. The highest BCUT2D eigenvalue weighted by Crippen LogP contribution is 2.16. The van der Waals surface area contributed by atoms with Gasteiger partial charge in [0.25, 0.3) is 0 Å². The van der Waals surface area contributed by atoms with Crippen LogP contribution in [-0.4, -0.2) is 37.2 Å². The van der Waals surface area contributed by atoms with E-state index in [0.717, 1.165) is 122 Å². The highest BCUT2D eigenvalue weighted by atomic mass is 16.6. The molecule has 0 aromatic heterocycles. The highest BCUT2D eigenvalue weighted by Gasteiger charge is 2.19. The lowest BCUT2D eigenvalue weighted by Crippen LogP contribution is -2.30. The lowest BCUT2D eigenvalue weighted by atomic mass is 10.0. The number of hydrogen-bond acceptors (Lipinski definition) is 6. The van der Waals surface area contributed by atoms with Gasteiger partial charge in [0.05, 0.1) is 0 Å². The van der Waals surface area contributed by atoms with Crippen LogP contribution in [0.2, 0.25) is 0 Å². The third kappa shape index (κ3) is 68.0. The van der Waals surface area contributed by atoms with E-state index in [1.807, 2.05) is 0 Å². The summed E-state index contributed by atoms with van der Waals surface area (Å²) in [6.45, 7) is 6.37. The van der Waals surface area contributed by atoms with E-state index < -0.39 is 6.10 Å². The number of esters is 3. The fourth-order valence-corrected chi connectivity index (χ4v) is 9.24. The Labute approximate surface area is 512 Å². The second-order valence-electron chi connectivity index (χ2n) is 22.3. The number of unbranched alkanes of at least 4 members (excludes halogenated alkanes) is 26. The monoisotopic (exact) mass is 1150 g/mol. The van der Waals surface area contributed by atoms with E-state index in [0.29, 0.717) is 19.3 Å². The highest BCUT2D eigenvalue weighted by molar-refractivity contribution is 5.71. The van der Waals surface area contributed by atoms with Gasteiger partial charge in [0.1, 0.15) is 13.2 Å². The van der Waals surface area contributed by atoms with Crippen LogP contribution in [0.25, 0.3) is 0 Å². The van der Waals surface area contributed by atoms with Crippen LogP contribution in [-0.2, 0) is 28.6 Å². The fourth-order valence-electron chi connectivity index (χ4n) is 9.24. The average molecular weight is 1150 g/mol. The molecule has 6 nitrogen and oxygen atoms in total. The molecule has 0 aromatic carbocycles. The maximum Gasteiger partial charge on any atom is 0.306 e. The summed E-state index contributed by atoms with van der Waals surface area (Å²) in [5.74, 6) is -0.976. The van der Waals surface area contributed by atoms with Crippen molar-refractivity contribution in [2.45, 2.75) is 309 Å². The minimum Gasteiger partial charge on any atom is -0.462 e. The van der Waals surface area contributed by atoms with Gasteiger partial charge in [0.15, 0.2) is 6.10 Å². The molecular weight excluding hydrogens is 1020 g/mol. The second-order valence-corrected chi connectivity index (χ2v) is 22.3. The van der Waals surface area contributed by atoms with Crippen LogP contribution < -0.4 is 0 Å². The molecule has 83 heavy (non-hydrogen) atoms. The zero-order chi connectivity index (χ0) is 59.9. The van der Waals surface area contributed by atoms with Gasteiger partial charge in [0, 0.05) is 19.3 Å². The molecule has 0 bridgehead atoms. The molecule has 0 saturated heterocycles. The first-order chi connectivity index (χ1) is 41.0. The van der Waals surface area contributed by atoms with Gasteiger partial charge in [-0.2, -0.15) is 0 Å². The molecular formula is C77H126O6. The average Bonchev–Trinajstić information content (AvgIpc) is 3.49. The minimum absolute atomic E-state index is 0.109. The number of ether oxygens (including phenoxy) is 3. The zero-order valence-corrected chi connectivity index (χ0v) is 53.9. The van der Waals surface area contributed by atoms with Crippen LogP contribution in [0.1, 0.15) is 303 Å². The Morgan fingerprint density at radius 2 is 0.482 bits per heavy atom. The van der Waals surface area contributed by atoms with E-state index in [-0.39, 0.29) is 37.5 Å². The SMILES string of the molecule is CC/C=C\C/C=C\C/C=C\C/C=C\C/C=C\C/C=C\C/C=C\CCCC(=O)OC(COC(=O)CCCCCCCCC/C=C\C/C=C\C/C=C\CC)COC(=O)CCCCCCCCCCCCCCC/C=C\C/C=C\CCCCCCC. The molecule has 0 aliphatic carbocycles. The first kappa shape index (κ1) is 78.3. The molecule has 0 rings (SSSR count). The molecule has 6 heteroatoms. The molecule has 0 aliphatic heterocycles. The Morgan fingerprint density at radius 1 is 0.253 bits per heavy atom. The van der Waals surface area contributed by atoms with Crippen molar-refractivity contribution in [2.24, 2.45) is 0 Å². The fraction of sp³-hybridized carbons (Fsp3) is 0.649. The number of carbonyl (C=O) groups is 3. The van der Waals surface area contributed by atoms with E-state index >= 15 is 0 Å². The van der Waals surface area contributed by atoms with Gasteiger partial charge in [-0.05, 0) is 135 Å². The standard InChI is InChI=1S/C77H126O6/c1-4-7-10-13-16-19-22-25-28-31-33-35-37-38-40-41-43-46-49-52-55-58-61-64-67-70-76(79)82-73-74(72-81-75(78)69-66-63-60-57-54-51-48-45-30-27-24-21-18-15-12-9-6-3)83-77(80)71-68-65-62-59-56-53-50-47-44-42-39-36-34-32-29-26-23-20-17-14-11-8-5-2/h8-9,11-12,17-18,20-22,25-27,29-31,33-34,36,42,44,50,53,59,62,74H,4-7,10,13-16,19,23-24,28,32,35,37-41,43,45-49,51-52,54-58,60-61,63-73H2,1-3H3/b11-8-,12-9-,20-17-,21-18-,25-22-,29-26-,30-27-,33-31-,36-34-,44-42-,53-50-,62-59-. The van der Waals surface area contributed by atoms with E-state index in [4.69, 9.17) is 14.2 Å². The van der Waals surface area contributed by atoms with Gasteiger partial charge in [-0.15, -0.1) is 0 Å². The summed E-state index contributed by atoms with van der Waals surface area (Å²) in [5, 5.41) is 0. The molecule has 1 unspecified atom stereocenters. The molecule has 0 aliphatic rings. The van der Waals surface area contributed by atoms with Crippen LogP contribution >= 0.6 is 0 Å². The number of carbonyl (C=O) groups excluding carboxylic acids is 3. The second kappa shape index (κ2) is 69.8. The topological polar surface area (TPSA) is 78.9 Å². The van der Waals surface area contributed by atoms with Gasteiger partial charge in [0.2, 0.25) is 0 Å². The van der Waals surface area contributed by atoms with Crippen molar-refractivity contribution in [3.8, 4) is 0 Å². The molecule has 0 saturated carbocycles. The van der Waals surface area contributed by atoms with Crippen molar-refractivity contribution in [1.82, 2.24) is 0 Å². The smallest absolute Gasteiger partial charge is 0.306 e. The van der Waals surface area contributed by atoms with E-state index in [1.165, 1.54) is 135 Å². The molecule has 0 amide bonds. The van der Waals surface area contributed by atoms with Gasteiger partial charge in [-0.3, -0.25) is 14.4 Å². The van der Waals surface area contributed by atoms with Gasteiger partial charge < -0.3 is 14.2 Å². The Kier molecular flexibility index (Phi) is 65.8. The van der Waals surface area contributed by atoms with Gasteiger partial charge in [-0.25, -0.2) is 0 Å². The van der Waals surface area contributed by atoms with Crippen molar-refractivity contribution in [3.05, 3.63) is 146 Å². The Hall–Kier alpha value is -4.71. The predicted octanol–water partition coefficient (Wildman–Crippen LogP) is 23.9. The summed E-state index contributed by atoms with van der Waals surface area (Å²) in [7, 11) is 0. The van der Waals surface area contributed by atoms with Gasteiger partial charge >= 0.3 is 17.9 Å². The van der Waals surface area contributed by atoms with Crippen molar-refractivity contribution < 1.29 is 28.6 Å². The summed E-state index contributed by atoms with van der Waals surface area (Å²) in [6, 6.07) is 0. The Bertz CT molecular complexity index is 1800. The van der Waals surface area contributed by atoms with Crippen molar-refractivity contribution >= 4 is 17.9 Å². The van der Waals surface area contributed by atoms with Crippen LogP contribution in [0.5, 0.6) is 0 Å². The van der Waals surface area contributed by atoms with Crippen LogP contribution in [0.4, 0.5) is 0 Å². The molecule has 0 radical (unpaired) electrons. The van der Waals surface area contributed by atoms with Crippen molar-refractivity contribution in [2.75, 3.05) is 13.2 Å². The summed E-state index contributed by atoms with van der Waals surface area (Å²) in [4.78, 5) is 38.4. The predicted molar refractivity (Wildman–Crippen MR) is 362 cm³/mol. The van der Waals surface area contributed by atoms with Gasteiger partial charge in [-0.1, -0.05) is 295 Å². The number of allylic oxidation sites excluding steroid dienone is 24. The molecule has 1 atom stereocenters. The molecule has 0 N–H and O–H groups in total. The third-order valence-electron chi connectivity index (χ3n) is 14.3. The van der Waals surface area contributed by atoms with Crippen molar-refractivity contribution in [3.63, 3.8) is 0 Å². The van der Waals surface area contributed by atoms with Crippen LogP contribution in [0, 0.1) is 0 Å². The molecule has 0 spiro atoms. The lowest BCUT2D eigenvalue weighted by molar-refractivity contribution is -0.167. The largest absolute Gasteiger partial charge is 0.462 e. The Balaban J connectivity index is 4.47. The summed E-state index contributed by atoms with van der Waals surface area (Å²) >= 11 is 0. The maximum atomic E-state index is 12.9. The molecule has 0 aromatic rings. The minimum atomic E-state index is -0.821. The zero-order valence-electron chi connectivity index (χ0n) is 53.9. The molecule has 470 valence electrons. The third-order valence-corrected chi connectivity index (χ3v) is 14.3. The number of hydrogen-bond donors (Lipinski definition) is 0. The van der Waals surface area contributed by atoms with E-state index in [1.54, 1.807) is 0 Å². The molecule has 0 fully saturated rings. The van der Waals surface area contributed by atoms with E-state index in [2.05, 4.69) is 167 Å². The first-order valence-electron chi connectivity index (χ1n) is 34.3. The van der Waals surface area contributed by atoms with Crippen molar-refractivity contribution in [1.29, 1.82) is 0 Å². The quantitative estimate of drug-likeness (QED) is 0.0261. The lowest BCUT2D eigenvalue weighted by Gasteiger charge is -2.18. The maximum absolute atomic E-state index is 12.9. The van der Waals surface area contributed by atoms with Crippen LogP contribution in [0.3, 0.4) is 0 Å². The molecule has 0 heterocycles.